The van der Waals surface area contributed by atoms with Crippen LogP contribution < -0.4 is 11.1 Å². The largest absolute Gasteiger partial charge is 0.469 e. The molecular weight excluding hydrogens is 248 g/mol. The Morgan fingerprint density at radius 1 is 1.61 bits per heavy atom. The highest BCUT2D eigenvalue weighted by Crippen LogP contribution is 2.09. The van der Waals surface area contributed by atoms with E-state index in [0.29, 0.717) is 12.8 Å². The summed E-state index contributed by atoms with van der Waals surface area (Å²) in [6.07, 6.45) is 3.85. The van der Waals surface area contributed by atoms with Crippen LogP contribution in [-0.2, 0) is 11.2 Å². The number of nitrogens with one attached hydrogen (secondary N) is 1. The number of furan rings is 1. The van der Waals surface area contributed by atoms with E-state index in [1.165, 1.54) is 0 Å². The van der Waals surface area contributed by atoms with E-state index in [0.717, 1.165) is 12.2 Å². The SMILES string of the molecule is CCCC(C(=O)NC(C)Cc1ccco1)C(N)=S. The minimum Gasteiger partial charge on any atom is -0.469 e. The summed E-state index contributed by atoms with van der Waals surface area (Å²) in [5.74, 6) is 0.387. The molecule has 0 aliphatic heterocycles. The zero-order valence-electron chi connectivity index (χ0n) is 10.8. The molecule has 18 heavy (non-hydrogen) atoms. The van der Waals surface area contributed by atoms with Crippen molar-refractivity contribution in [1.29, 1.82) is 0 Å². The van der Waals surface area contributed by atoms with E-state index in [-0.39, 0.29) is 22.9 Å². The summed E-state index contributed by atoms with van der Waals surface area (Å²) < 4.78 is 5.24. The first-order chi connectivity index (χ1) is 8.54. The van der Waals surface area contributed by atoms with Crippen molar-refractivity contribution in [3.05, 3.63) is 24.2 Å². The highest BCUT2D eigenvalue weighted by atomic mass is 32.1. The predicted octanol–water partition coefficient (Wildman–Crippen LogP) is 2.03. The number of thiocarbonyl (C=S) groups is 1. The van der Waals surface area contributed by atoms with Gasteiger partial charge in [-0.1, -0.05) is 25.6 Å². The van der Waals surface area contributed by atoms with Crippen LogP contribution in [0.5, 0.6) is 0 Å². The van der Waals surface area contributed by atoms with Crippen LogP contribution in [0, 0.1) is 5.92 Å². The Labute approximate surface area is 113 Å². The van der Waals surface area contributed by atoms with Crippen LogP contribution >= 0.6 is 12.2 Å². The monoisotopic (exact) mass is 268 g/mol. The van der Waals surface area contributed by atoms with E-state index >= 15 is 0 Å². The van der Waals surface area contributed by atoms with Crippen molar-refractivity contribution < 1.29 is 9.21 Å². The van der Waals surface area contributed by atoms with Gasteiger partial charge in [-0.05, 0) is 25.5 Å². The number of hydrogen-bond donors (Lipinski definition) is 2. The first-order valence-corrected chi connectivity index (χ1v) is 6.57. The molecule has 2 unspecified atom stereocenters. The van der Waals surface area contributed by atoms with Gasteiger partial charge in [0.25, 0.3) is 0 Å². The van der Waals surface area contributed by atoms with Gasteiger partial charge in [-0.15, -0.1) is 0 Å². The predicted molar refractivity (Wildman–Crippen MR) is 75.2 cm³/mol. The molecule has 4 nitrogen and oxygen atoms in total. The third-order valence-corrected chi connectivity index (χ3v) is 3.00. The van der Waals surface area contributed by atoms with Gasteiger partial charge in [0.05, 0.1) is 17.2 Å². The lowest BCUT2D eigenvalue weighted by Crippen LogP contribution is -2.42. The van der Waals surface area contributed by atoms with Crippen molar-refractivity contribution in [3.8, 4) is 0 Å². The van der Waals surface area contributed by atoms with Gasteiger partial charge in [-0.25, -0.2) is 0 Å². The lowest BCUT2D eigenvalue weighted by atomic mass is 10.0. The summed E-state index contributed by atoms with van der Waals surface area (Å²) >= 11 is 4.93. The van der Waals surface area contributed by atoms with Crippen molar-refractivity contribution >= 4 is 23.1 Å². The molecule has 1 rings (SSSR count). The van der Waals surface area contributed by atoms with Crippen LogP contribution in [0.1, 0.15) is 32.4 Å². The fraction of sp³-hybridized carbons (Fsp3) is 0.538. The second kappa shape index (κ2) is 7.16. The molecule has 3 N–H and O–H groups in total. The molecule has 0 radical (unpaired) electrons. The summed E-state index contributed by atoms with van der Waals surface area (Å²) in [4.78, 5) is 12.3. The van der Waals surface area contributed by atoms with Crippen molar-refractivity contribution in [2.45, 2.75) is 39.2 Å². The Morgan fingerprint density at radius 3 is 2.83 bits per heavy atom. The van der Waals surface area contributed by atoms with Crippen LogP contribution in [0.4, 0.5) is 0 Å². The molecule has 100 valence electrons. The van der Waals surface area contributed by atoms with Gasteiger partial charge >= 0.3 is 0 Å². The second-order valence-corrected chi connectivity index (χ2v) is 4.91. The third kappa shape index (κ3) is 4.49. The highest BCUT2D eigenvalue weighted by molar-refractivity contribution is 7.80. The van der Waals surface area contributed by atoms with Gasteiger partial charge in [0, 0.05) is 12.5 Å². The van der Waals surface area contributed by atoms with Gasteiger partial charge in [-0.3, -0.25) is 4.79 Å². The zero-order valence-corrected chi connectivity index (χ0v) is 11.6. The lowest BCUT2D eigenvalue weighted by Gasteiger charge is -2.18. The van der Waals surface area contributed by atoms with E-state index < -0.39 is 0 Å². The van der Waals surface area contributed by atoms with Crippen LogP contribution in [0.25, 0.3) is 0 Å². The molecule has 0 aliphatic rings. The molecule has 0 fully saturated rings. The minimum absolute atomic E-state index is 0.00245. The molecular formula is C13H20N2O2S. The van der Waals surface area contributed by atoms with E-state index in [9.17, 15) is 4.79 Å². The Bertz CT molecular complexity index is 390. The quantitative estimate of drug-likeness (QED) is 0.742. The fourth-order valence-electron chi connectivity index (χ4n) is 1.82. The molecule has 5 heteroatoms. The molecule has 0 bridgehead atoms. The van der Waals surface area contributed by atoms with Crippen molar-refractivity contribution in [2.24, 2.45) is 11.7 Å². The van der Waals surface area contributed by atoms with Gasteiger partial charge < -0.3 is 15.5 Å². The van der Waals surface area contributed by atoms with Crippen LogP contribution in [0.15, 0.2) is 22.8 Å². The molecule has 1 aromatic heterocycles. The molecule has 0 spiro atoms. The molecule has 2 atom stereocenters. The van der Waals surface area contributed by atoms with E-state index in [1.807, 2.05) is 26.0 Å². The maximum atomic E-state index is 12.0. The van der Waals surface area contributed by atoms with Crippen LogP contribution in [0.2, 0.25) is 0 Å². The summed E-state index contributed by atoms with van der Waals surface area (Å²) in [7, 11) is 0. The minimum atomic E-state index is -0.371. The molecule has 1 aromatic rings. The number of rotatable bonds is 7. The molecule has 1 amide bonds. The van der Waals surface area contributed by atoms with Gasteiger partial charge in [-0.2, -0.15) is 0 Å². The third-order valence-electron chi connectivity index (χ3n) is 2.71. The van der Waals surface area contributed by atoms with Gasteiger partial charge in [0.15, 0.2) is 0 Å². The Morgan fingerprint density at radius 2 is 2.33 bits per heavy atom. The first kappa shape index (κ1) is 14.7. The summed E-state index contributed by atoms with van der Waals surface area (Å²) in [6.45, 7) is 3.94. The zero-order chi connectivity index (χ0) is 13.5. The number of hydrogen-bond acceptors (Lipinski definition) is 3. The number of carbonyl (C=O) groups is 1. The van der Waals surface area contributed by atoms with Gasteiger partial charge in [0.2, 0.25) is 5.91 Å². The number of amides is 1. The average Bonchev–Trinajstić information content (AvgIpc) is 2.77. The lowest BCUT2D eigenvalue weighted by molar-refractivity contribution is -0.123. The molecule has 0 aliphatic carbocycles. The highest BCUT2D eigenvalue weighted by Gasteiger charge is 2.21. The maximum Gasteiger partial charge on any atom is 0.230 e. The summed E-state index contributed by atoms with van der Waals surface area (Å²) in [6, 6.07) is 3.72. The normalized spacial score (nSPS) is 13.9. The second-order valence-electron chi connectivity index (χ2n) is 4.44. The summed E-state index contributed by atoms with van der Waals surface area (Å²) in [5, 5.41) is 2.92. The van der Waals surface area contributed by atoms with E-state index in [4.69, 9.17) is 22.4 Å². The van der Waals surface area contributed by atoms with Crippen molar-refractivity contribution in [2.75, 3.05) is 0 Å². The van der Waals surface area contributed by atoms with Crippen molar-refractivity contribution in [3.63, 3.8) is 0 Å². The number of nitrogens with two attached hydrogens (primary N) is 1. The number of carbonyl (C=O) groups excluding carboxylic acids is 1. The van der Waals surface area contributed by atoms with Crippen molar-refractivity contribution in [1.82, 2.24) is 5.32 Å². The molecule has 0 saturated heterocycles. The van der Waals surface area contributed by atoms with E-state index in [2.05, 4.69) is 5.32 Å². The molecule has 1 heterocycles. The van der Waals surface area contributed by atoms with E-state index in [1.54, 1.807) is 6.26 Å². The standard InChI is InChI=1S/C13H20N2O2S/c1-3-5-11(12(14)18)13(16)15-9(2)8-10-6-4-7-17-10/h4,6-7,9,11H,3,5,8H2,1-2H3,(H2,14,18)(H,15,16). The van der Waals surface area contributed by atoms with Crippen LogP contribution in [0.3, 0.4) is 0 Å². The Kier molecular flexibility index (Phi) is 5.85. The fourth-order valence-corrected chi connectivity index (χ4v) is 2.04. The topological polar surface area (TPSA) is 68.3 Å². The maximum absolute atomic E-state index is 12.0. The smallest absolute Gasteiger partial charge is 0.230 e. The summed E-state index contributed by atoms with van der Waals surface area (Å²) in [5.41, 5.74) is 5.59. The van der Waals surface area contributed by atoms with Gasteiger partial charge in [0.1, 0.15) is 5.76 Å². The average molecular weight is 268 g/mol. The first-order valence-electron chi connectivity index (χ1n) is 6.16. The molecule has 0 aromatic carbocycles. The molecule has 0 saturated carbocycles. The van der Waals surface area contributed by atoms with Crippen LogP contribution in [-0.4, -0.2) is 16.9 Å². The Hall–Kier alpha value is -1.36. The Balaban J connectivity index is 2.49.